The van der Waals surface area contributed by atoms with E-state index in [0.717, 1.165) is 21.8 Å². The number of halogens is 1. The molecule has 0 aliphatic heterocycles. The number of aryl methyl sites for hydroxylation is 2. The lowest BCUT2D eigenvalue weighted by atomic mass is 10.1. The monoisotopic (exact) mass is 327 g/mol. The zero-order chi connectivity index (χ0) is 11.5. The van der Waals surface area contributed by atoms with Gasteiger partial charge in [-0.2, -0.15) is 0 Å². The van der Waals surface area contributed by atoms with Crippen LogP contribution in [0.15, 0.2) is 34.7 Å². The number of benzene rings is 1. The van der Waals surface area contributed by atoms with Gasteiger partial charge in [-0.15, -0.1) is 0 Å². The van der Waals surface area contributed by atoms with E-state index in [1.807, 2.05) is 12.1 Å². The van der Waals surface area contributed by atoms with Crippen molar-refractivity contribution in [1.29, 1.82) is 0 Å². The first-order valence-corrected chi connectivity index (χ1v) is 6.28. The Hall–Kier alpha value is -0.970. The van der Waals surface area contributed by atoms with Crippen molar-refractivity contribution in [3.63, 3.8) is 0 Å². The maximum Gasteiger partial charge on any atom is 0.164 e. The predicted octanol–water partition coefficient (Wildman–Crippen LogP) is 4.11. The first-order valence-electron chi connectivity index (χ1n) is 5.20. The molecule has 84 valence electrons. The number of rotatable bonds is 3. The van der Waals surface area contributed by atoms with E-state index in [9.17, 15) is 0 Å². The Morgan fingerprint density at radius 2 is 1.81 bits per heavy atom. The van der Waals surface area contributed by atoms with E-state index in [1.165, 1.54) is 11.1 Å². The Morgan fingerprint density at radius 3 is 2.38 bits per heavy atom. The van der Waals surface area contributed by atoms with Crippen LogP contribution in [0, 0.1) is 17.6 Å². The summed E-state index contributed by atoms with van der Waals surface area (Å²) < 4.78 is 6.42. The summed E-state index contributed by atoms with van der Waals surface area (Å²) in [5.41, 5.74) is 3.69. The minimum atomic E-state index is 0.728. The van der Waals surface area contributed by atoms with Crippen molar-refractivity contribution in [2.75, 3.05) is 5.32 Å². The molecule has 16 heavy (non-hydrogen) atoms. The second-order valence-electron chi connectivity index (χ2n) is 3.94. The Labute approximate surface area is 109 Å². The van der Waals surface area contributed by atoms with Crippen molar-refractivity contribution in [2.45, 2.75) is 20.4 Å². The van der Waals surface area contributed by atoms with Crippen LogP contribution in [0.5, 0.6) is 0 Å². The van der Waals surface area contributed by atoms with E-state index >= 15 is 0 Å². The van der Waals surface area contributed by atoms with E-state index < -0.39 is 0 Å². The van der Waals surface area contributed by atoms with Crippen molar-refractivity contribution in [2.24, 2.45) is 0 Å². The minimum absolute atomic E-state index is 0.728. The molecule has 0 amide bonds. The van der Waals surface area contributed by atoms with Crippen LogP contribution in [0.25, 0.3) is 0 Å². The van der Waals surface area contributed by atoms with Gasteiger partial charge in [-0.3, -0.25) is 0 Å². The molecular formula is C13H14INO. The summed E-state index contributed by atoms with van der Waals surface area (Å²) >= 11 is 2.17. The highest BCUT2D eigenvalue weighted by Crippen LogP contribution is 2.16. The van der Waals surface area contributed by atoms with Gasteiger partial charge in [0.1, 0.15) is 5.76 Å². The van der Waals surface area contributed by atoms with Crippen molar-refractivity contribution < 1.29 is 4.42 Å². The smallest absolute Gasteiger partial charge is 0.164 e. The summed E-state index contributed by atoms with van der Waals surface area (Å²) in [5.74, 6) is 0.962. The van der Waals surface area contributed by atoms with E-state index in [1.54, 1.807) is 0 Å². The highest BCUT2D eigenvalue weighted by Gasteiger charge is 2.00. The van der Waals surface area contributed by atoms with Gasteiger partial charge in [0.2, 0.25) is 0 Å². The molecule has 1 aromatic carbocycles. The zero-order valence-electron chi connectivity index (χ0n) is 9.38. The fraction of sp³-hybridized carbons (Fsp3) is 0.231. The third-order valence-corrected chi connectivity index (χ3v) is 2.90. The van der Waals surface area contributed by atoms with Crippen molar-refractivity contribution >= 4 is 28.3 Å². The summed E-state index contributed by atoms with van der Waals surface area (Å²) in [5, 5.41) is 3.36. The van der Waals surface area contributed by atoms with Crippen molar-refractivity contribution in [3.05, 3.63) is 51.0 Å². The average Bonchev–Trinajstić information content (AvgIpc) is 2.60. The molecule has 1 N–H and O–H groups in total. The minimum Gasteiger partial charge on any atom is -0.454 e. The highest BCUT2D eigenvalue weighted by atomic mass is 127. The normalized spacial score (nSPS) is 10.4. The van der Waals surface area contributed by atoms with Gasteiger partial charge in [0.05, 0.1) is 6.54 Å². The van der Waals surface area contributed by atoms with Crippen LogP contribution in [0.4, 0.5) is 5.69 Å². The molecular weight excluding hydrogens is 313 g/mol. The molecule has 0 saturated heterocycles. The molecule has 0 atom stereocenters. The van der Waals surface area contributed by atoms with Gasteiger partial charge in [-0.1, -0.05) is 6.07 Å². The third-order valence-electron chi connectivity index (χ3n) is 2.32. The molecule has 0 fully saturated rings. The molecule has 1 aromatic heterocycles. The largest absolute Gasteiger partial charge is 0.454 e. The molecule has 0 aliphatic rings. The van der Waals surface area contributed by atoms with Gasteiger partial charge in [0.15, 0.2) is 3.77 Å². The van der Waals surface area contributed by atoms with Crippen LogP contribution in [0.1, 0.15) is 16.9 Å². The van der Waals surface area contributed by atoms with Crippen molar-refractivity contribution in [1.82, 2.24) is 0 Å². The third kappa shape index (κ3) is 3.01. The van der Waals surface area contributed by atoms with Crippen LogP contribution in [-0.4, -0.2) is 0 Å². The maximum absolute atomic E-state index is 5.49. The molecule has 0 spiro atoms. The van der Waals surface area contributed by atoms with Gasteiger partial charge in [0, 0.05) is 5.69 Å². The molecule has 0 aliphatic carbocycles. The second-order valence-corrected chi connectivity index (χ2v) is 5.00. The number of hydrogen-bond acceptors (Lipinski definition) is 2. The van der Waals surface area contributed by atoms with Gasteiger partial charge in [-0.25, -0.2) is 0 Å². The zero-order valence-corrected chi connectivity index (χ0v) is 11.5. The molecule has 0 radical (unpaired) electrons. The number of hydrogen-bond donors (Lipinski definition) is 1. The molecule has 2 aromatic rings. The summed E-state index contributed by atoms with van der Waals surface area (Å²) in [6.45, 7) is 4.94. The van der Waals surface area contributed by atoms with Crippen LogP contribution < -0.4 is 5.32 Å². The summed E-state index contributed by atoms with van der Waals surface area (Å²) in [4.78, 5) is 0. The molecule has 2 rings (SSSR count). The first-order chi connectivity index (χ1) is 7.63. The molecule has 0 saturated carbocycles. The Morgan fingerprint density at radius 1 is 1.12 bits per heavy atom. The van der Waals surface area contributed by atoms with Crippen LogP contribution in [0.3, 0.4) is 0 Å². The van der Waals surface area contributed by atoms with Crippen LogP contribution in [-0.2, 0) is 6.54 Å². The van der Waals surface area contributed by atoms with E-state index in [0.29, 0.717) is 0 Å². The number of nitrogens with one attached hydrogen (secondary N) is 1. The topological polar surface area (TPSA) is 25.2 Å². The highest BCUT2D eigenvalue weighted by molar-refractivity contribution is 14.1. The first kappa shape index (κ1) is 11.5. The molecule has 0 bridgehead atoms. The van der Waals surface area contributed by atoms with E-state index in [2.05, 4.69) is 60.0 Å². The summed E-state index contributed by atoms with van der Waals surface area (Å²) in [6, 6.07) is 10.4. The Bertz CT molecular complexity index is 470. The molecule has 2 nitrogen and oxygen atoms in total. The summed E-state index contributed by atoms with van der Waals surface area (Å²) in [6.07, 6.45) is 0. The quantitative estimate of drug-likeness (QED) is 0.858. The van der Waals surface area contributed by atoms with Gasteiger partial charge in [-0.05, 0) is 71.8 Å². The second kappa shape index (κ2) is 4.91. The number of furan rings is 1. The van der Waals surface area contributed by atoms with Gasteiger partial charge in [0.25, 0.3) is 0 Å². The molecule has 1 heterocycles. The molecule has 0 unspecified atom stereocenters. The Balaban J connectivity index is 2.04. The predicted molar refractivity (Wildman–Crippen MR) is 74.7 cm³/mol. The summed E-state index contributed by atoms with van der Waals surface area (Å²) in [7, 11) is 0. The average molecular weight is 327 g/mol. The van der Waals surface area contributed by atoms with Gasteiger partial charge >= 0.3 is 0 Å². The fourth-order valence-electron chi connectivity index (χ4n) is 1.71. The van der Waals surface area contributed by atoms with Crippen LogP contribution in [0.2, 0.25) is 0 Å². The molecule has 3 heteroatoms. The fourth-order valence-corrected chi connectivity index (χ4v) is 2.18. The van der Waals surface area contributed by atoms with Crippen LogP contribution >= 0.6 is 22.6 Å². The number of anilines is 1. The lowest BCUT2D eigenvalue weighted by Crippen LogP contribution is -1.98. The standard InChI is InChI=1S/C13H14INO/c1-9-5-10(2)7-11(6-9)15-8-12-3-4-13(14)16-12/h3-7,15H,8H2,1-2H3. The van der Waals surface area contributed by atoms with Gasteiger partial charge < -0.3 is 9.73 Å². The SMILES string of the molecule is Cc1cc(C)cc(NCc2ccc(I)o2)c1. The lowest BCUT2D eigenvalue weighted by molar-refractivity contribution is 0.493. The lowest BCUT2D eigenvalue weighted by Gasteiger charge is -2.06. The van der Waals surface area contributed by atoms with E-state index in [4.69, 9.17) is 4.42 Å². The van der Waals surface area contributed by atoms with E-state index in [-0.39, 0.29) is 0 Å². The van der Waals surface area contributed by atoms with Crippen molar-refractivity contribution in [3.8, 4) is 0 Å². The Kier molecular flexibility index (Phi) is 3.53. The maximum atomic E-state index is 5.49.